The largest absolute Gasteiger partial charge is 0.454 e. The van der Waals surface area contributed by atoms with E-state index in [1.165, 1.54) is 19.1 Å². The summed E-state index contributed by atoms with van der Waals surface area (Å²) in [7, 11) is 0. The number of hydrogen-bond donors (Lipinski definition) is 2. The average Bonchev–Trinajstić information content (AvgIpc) is 2.73. The molecule has 30 heavy (non-hydrogen) atoms. The van der Waals surface area contributed by atoms with Crippen LogP contribution >= 0.6 is 0 Å². The van der Waals surface area contributed by atoms with Crippen molar-refractivity contribution in [3.8, 4) is 5.75 Å². The van der Waals surface area contributed by atoms with E-state index in [0.29, 0.717) is 12.0 Å². The highest BCUT2D eigenvalue weighted by atomic mass is 19.3. The van der Waals surface area contributed by atoms with Crippen molar-refractivity contribution in [2.24, 2.45) is 0 Å². The van der Waals surface area contributed by atoms with Crippen molar-refractivity contribution >= 4 is 17.8 Å². The summed E-state index contributed by atoms with van der Waals surface area (Å²) in [5.41, 5.74) is 1.22. The number of amides is 2. The minimum Gasteiger partial charge on any atom is -0.454 e. The number of carbonyl (C=O) groups is 3. The molecule has 0 aliphatic heterocycles. The molecule has 2 aromatic carbocycles. The van der Waals surface area contributed by atoms with Gasteiger partial charge in [-0.05, 0) is 43.2 Å². The van der Waals surface area contributed by atoms with Crippen LogP contribution in [0.25, 0.3) is 0 Å². The number of esters is 1. The lowest BCUT2D eigenvalue weighted by molar-refractivity contribution is -0.150. The number of ether oxygens (including phenoxy) is 2. The molecule has 2 N–H and O–H groups in total. The zero-order valence-corrected chi connectivity index (χ0v) is 16.3. The van der Waals surface area contributed by atoms with Gasteiger partial charge in [0.2, 0.25) is 0 Å². The summed E-state index contributed by atoms with van der Waals surface area (Å²) in [6.07, 6.45) is 0.457. The maximum Gasteiger partial charge on any atom is 0.387 e. The Labute approximate surface area is 172 Å². The molecule has 7 nitrogen and oxygen atoms in total. The first-order valence-corrected chi connectivity index (χ1v) is 9.18. The molecule has 0 aliphatic rings. The van der Waals surface area contributed by atoms with Crippen LogP contribution in [-0.4, -0.2) is 43.6 Å². The van der Waals surface area contributed by atoms with E-state index >= 15 is 0 Å². The lowest BCUT2D eigenvalue weighted by Crippen LogP contribution is -2.41. The van der Waals surface area contributed by atoms with Gasteiger partial charge in [0.05, 0.1) is 0 Å². The minimum atomic E-state index is -2.88. The van der Waals surface area contributed by atoms with Crippen LogP contribution in [0.1, 0.15) is 22.8 Å². The summed E-state index contributed by atoms with van der Waals surface area (Å²) >= 11 is 0. The first-order valence-electron chi connectivity index (χ1n) is 9.18. The monoisotopic (exact) mass is 420 g/mol. The Bertz CT molecular complexity index is 844. The van der Waals surface area contributed by atoms with E-state index in [1.807, 2.05) is 0 Å². The standard InChI is InChI=1S/C21H22F2N2O5/c1-14(25-19(27)16-5-3-2-4-6-16)20(28)29-13-18(26)24-12-11-15-7-9-17(10-8-15)30-21(22)23/h2-10,14,21H,11-13H2,1H3,(H,24,26)(H,25,27)/t14-/m0/s1. The summed E-state index contributed by atoms with van der Waals surface area (Å²) in [5.74, 6) is -1.60. The van der Waals surface area contributed by atoms with E-state index in [2.05, 4.69) is 15.4 Å². The molecule has 0 saturated heterocycles. The van der Waals surface area contributed by atoms with Gasteiger partial charge in [-0.15, -0.1) is 0 Å². The Balaban J connectivity index is 1.66. The summed E-state index contributed by atoms with van der Waals surface area (Å²) in [5, 5.41) is 5.08. The number of rotatable bonds is 10. The molecular weight excluding hydrogens is 398 g/mol. The number of benzene rings is 2. The molecule has 0 fully saturated rings. The molecule has 1 atom stereocenters. The van der Waals surface area contributed by atoms with E-state index in [9.17, 15) is 23.2 Å². The Hall–Kier alpha value is -3.49. The van der Waals surface area contributed by atoms with Gasteiger partial charge in [0.25, 0.3) is 11.8 Å². The van der Waals surface area contributed by atoms with Gasteiger partial charge >= 0.3 is 12.6 Å². The number of halogens is 2. The van der Waals surface area contributed by atoms with Gasteiger partial charge in [0.15, 0.2) is 6.61 Å². The van der Waals surface area contributed by atoms with Crippen LogP contribution in [0.3, 0.4) is 0 Å². The Morgan fingerprint density at radius 2 is 1.67 bits per heavy atom. The van der Waals surface area contributed by atoms with Crippen molar-refractivity contribution in [3.63, 3.8) is 0 Å². The molecule has 0 bridgehead atoms. The topological polar surface area (TPSA) is 93.7 Å². The van der Waals surface area contributed by atoms with Crippen LogP contribution < -0.4 is 15.4 Å². The Morgan fingerprint density at radius 3 is 2.30 bits per heavy atom. The Morgan fingerprint density at radius 1 is 1.00 bits per heavy atom. The summed E-state index contributed by atoms with van der Waals surface area (Å²) in [6.45, 7) is -1.63. The molecule has 0 unspecified atom stereocenters. The normalized spacial score (nSPS) is 11.5. The first-order chi connectivity index (χ1) is 14.3. The molecule has 0 heterocycles. The highest BCUT2D eigenvalue weighted by molar-refractivity contribution is 5.96. The minimum absolute atomic E-state index is 0.0539. The summed E-state index contributed by atoms with van der Waals surface area (Å²) in [6, 6.07) is 13.5. The zero-order valence-electron chi connectivity index (χ0n) is 16.3. The van der Waals surface area contributed by atoms with Crippen LogP contribution in [0.4, 0.5) is 8.78 Å². The zero-order chi connectivity index (χ0) is 21.9. The third kappa shape index (κ3) is 7.86. The van der Waals surface area contributed by atoms with Gasteiger partial charge in [-0.3, -0.25) is 9.59 Å². The predicted octanol–water partition coefficient (Wildman–Crippen LogP) is 2.31. The van der Waals surface area contributed by atoms with Crippen molar-refractivity contribution in [3.05, 3.63) is 65.7 Å². The third-order valence-electron chi connectivity index (χ3n) is 3.97. The smallest absolute Gasteiger partial charge is 0.387 e. The second-order valence-corrected chi connectivity index (χ2v) is 6.29. The van der Waals surface area contributed by atoms with Gasteiger partial charge in [0.1, 0.15) is 11.8 Å². The maximum atomic E-state index is 12.1. The fourth-order valence-corrected chi connectivity index (χ4v) is 2.42. The quantitative estimate of drug-likeness (QED) is 0.576. The molecule has 2 amide bonds. The molecule has 0 aliphatic carbocycles. The van der Waals surface area contributed by atoms with Crippen molar-refractivity contribution in [2.45, 2.75) is 26.0 Å². The molecule has 2 aromatic rings. The second kappa shape index (κ2) is 11.5. The predicted molar refractivity (Wildman–Crippen MR) is 104 cm³/mol. The van der Waals surface area contributed by atoms with Crippen molar-refractivity contribution in [1.82, 2.24) is 10.6 Å². The van der Waals surface area contributed by atoms with Crippen LogP contribution in [0.5, 0.6) is 5.75 Å². The lowest BCUT2D eigenvalue weighted by Gasteiger charge is -2.13. The van der Waals surface area contributed by atoms with Crippen LogP contribution in [0.2, 0.25) is 0 Å². The van der Waals surface area contributed by atoms with Gasteiger partial charge < -0.3 is 20.1 Å². The second-order valence-electron chi connectivity index (χ2n) is 6.29. The summed E-state index contributed by atoms with van der Waals surface area (Å²) < 4.78 is 33.4. The number of alkyl halides is 2. The van der Waals surface area contributed by atoms with E-state index in [-0.39, 0.29) is 12.3 Å². The van der Waals surface area contributed by atoms with Gasteiger partial charge in [-0.2, -0.15) is 8.78 Å². The lowest BCUT2D eigenvalue weighted by atomic mass is 10.1. The number of carbonyl (C=O) groups excluding carboxylic acids is 3. The molecule has 9 heteroatoms. The van der Waals surface area contributed by atoms with Crippen molar-refractivity contribution in [2.75, 3.05) is 13.2 Å². The van der Waals surface area contributed by atoms with Gasteiger partial charge in [-0.1, -0.05) is 30.3 Å². The van der Waals surface area contributed by atoms with Gasteiger partial charge in [0, 0.05) is 12.1 Å². The average molecular weight is 420 g/mol. The molecule has 0 radical (unpaired) electrons. The summed E-state index contributed by atoms with van der Waals surface area (Å²) in [4.78, 5) is 35.7. The van der Waals surface area contributed by atoms with Crippen LogP contribution in [0, 0.1) is 0 Å². The fourth-order valence-electron chi connectivity index (χ4n) is 2.42. The Kier molecular flexibility index (Phi) is 8.74. The molecule has 0 aromatic heterocycles. The van der Waals surface area contributed by atoms with Crippen LogP contribution in [0.15, 0.2) is 54.6 Å². The highest BCUT2D eigenvalue weighted by Gasteiger charge is 2.18. The van der Waals surface area contributed by atoms with E-state index in [0.717, 1.165) is 5.56 Å². The molecule has 0 spiro atoms. The number of hydrogen-bond acceptors (Lipinski definition) is 5. The van der Waals surface area contributed by atoms with E-state index in [1.54, 1.807) is 42.5 Å². The van der Waals surface area contributed by atoms with Crippen molar-refractivity contribution in [1.29, 1.82) is 0 Å². The molecular formula is C21H22F2N2O5. The van der Waals surface area contributed by atoms with E-state index in [4.69, 9.17) is 4.74 Å². The number of nitrogens with one attached hydrogen (secondary N) is 2. The van der Waals surface area contributed by atoms with Gasteiger partial charge in [-0.25, -0.2) is 4.79 Å². The first kappa shape index (κ1) is 22.8. The fraction of sp³-hybridized carbons (Fsp3) is 0.286. The molecule has 160 valence electrons. The SMILES string of the molecule is C[C@H](NC(=O)c1ccccc1)C(=O)OCC(=O)NCCc1ccc(OC(F)F)cc1. The molecule has 0 saturated carbocycles. The molecule has 2 rings (SSSR count). The van der Waals surface area contributed by atoms with Crippen molar-refractivity contribution < 1.29 is 32.6 Å². The maximum absolute atomic E-state index is 12.1. The van der Waals surface area contributed by atoms with Crippen LogP contribution in [-0.2, 0) is 20.7 Å². The highest BCUT2D eigenvalue weighted by Crippen LogP contribution is 2.14. The third-order valence-corrected chi connectivity index (χ3v) is 3.97. The van der Waals surface area contributed by atoms with E-state index < -0.39 is 37.0 Å².